The maximum absolute atomic E-state index is 12.8. The molecule has 7 heteroatoms. The summed E-state index contributed by atoms with van der Waals surface area (Å²) in [5.41, 5.74) is 1.79. The van der Waals surface area contributed by atoms with Gasteiger partial charge in [0.25, 0.3) is 0 Å². The van der Waals surface area contributed by atoms with Gasteiger partial charge in [0.05, 0.1) is 25.3 Å². The molecular weight excluding hydrogens is 348 g/mol. The number of esters is 1. The van der Waals surface area contributed by atoms with E-state index >= 15 is 0 Å². The van der Waals surface area contributed by atoms with Crippen molar-refractivity contribution in [1.82, 2.24) is 10.2 Å². The lowest BCUT2D eigenvalue weighted by Gasteiger charge is -2.39. The van der Waals surface area contributed by atoms with Crippen molar-refractivity contribution in [2.45, 2.75) is 33.7 Å². The summed E-state index contributed by atoms with van der Waals surface area (Å²) in [4.78, 5) is 27.1. The molecule has 1 aromatic rings. The van der Waals surface area contributed by atoms with Gasteiger partial charge in [0.1, 0.15) is 12.5 Å². The number of methoxy groups -OCH3 is 1. The number of nitrogens with zero attached hydrogens (tertiary/aromatic N) is 1. The molecule has 1 aliphatic heterocycles. The van der Waals surface area contributed by atoms with E-state index in [1.165, 1.54) is 4.90 Å². The maximum Gasteiger partial charge on any atom is 0.338 e. The maximum atomic E-state index is 12.8. The minimum absolute atomic E-state index is 0.0525. The Bertz CT molecular complexity index is 697. The lowest BCUT2D eigenvalue weighted by Crippen LogP contribution is -2.50. The molecule has 27 heavy (non-hydrogen) atoms. The molecule has 0 radical (unpaired) electrons. The fourth-order valence-electron chi connectivity index (χ4n) is 3.02. The van der Waals surface area contributed by atoms with Crippen LogP contribution in [0.2, 0.25) is 0 Å². The van der Waals surface area contributed by atoms with Crippen LogP contribution in [0.15, 0.2) is 35.5 Å². The molecule has 7 nitrogen and oxygen atoms in total. The highest BCUT2D eigenvalue weighted by molar-refractivity contribution is 5.95. The first kappa shape index (κ1) is 20.8. The molecular formula is C20H28N2O5. The zero-order chi connectivity index (χ0) is 20.0. The normalized spacial score (nSPS) is 17.2. The standard InChI is InChI=1S/C20H28N2O5/c1-6-26-12-22-18(14-8-10-15(25-5)11-9-14)16(19(23)27-7-2)17(13(3)4)21-20(22)24/h8-11,13,18H,6-7,12H2,1-5H3,(H,21,24). The van der Waals surface area contributed by atoms with E-state index in [0.717, 1.165) is 5.56 Å². The third-order valence-electron chi connectivity index (χ3n) is 4.32. The van der Waals surface area contributed by atoms with Crippen molar-refractivity contribution in [3.8, 4) is 5.75 Å². The monoisotopic (exact) mass is 376 g/mol. The molecule has 1 aliphatic rings. The molecule has 0 fully saturated rings. The van der Waals surface area contributed by atoms with Crippen LogP contribution < -0.4 is 10.1 Å². The summed E-state index contributed by atoms with van der Waals surface area (Å²) in [7, 11) is 1.59. The van der Waals surface area contributed by atoms with Crippen molar-refractivity contribution in [2.75, 3.05) is 27.1 Å². The molecule has 0 aromatic heterocycles. The summed E-state index contributed by atoms with van der Waals surface area (Å²) < 4.78 is 16.0. The molecule has 0 aliphatic carbocycles. The van der Waals surface area contributed by atoms with Gasteiger partial charge in [0.2, 0.25) is 0 Å². The fraction of sp³-hybridized carbons (Fsp3) is 0.500. The highest BCUT2D eigenvalue weighted by Gasteiger charge is 2.40. The molecule has 2 amide bonds. The minimum atomic E-state index is -0.604. The first-order valence-corrected chi connectivity index (χ1v) is 9.15. The Hall–Kier alpha value is -2.54. The van der Waals surface area contributed by atoms with Crippen LogP contribution in [-0.2, 0) is 14.3 Å². The van der Waals surface area contributed by atoms with E-state index in [0.29, 0.717) is 23.6 Å². The van der Waals surface area contributed by atoms with Crippen LogP contribution in [0.4, 0.5) is 4.79 Å². The first-order chi connectivity index (χ1) is 12.9. The Labute approximate surface area is 160 Å². The minimum Gasteiger partial charge on any atom is -0.497 e. The SMILES string of the molecule is CCOCN1C(=O)NC(C(C)C)=C(C(=O)OCC)C1c1ccc(OC)cc1. The summed E-state index contributed by atoms with van der Waals surface area (Å²) in [6.07, 6.45) is 0. The predicted molar refractivity (Wildman–Crippen MR) is 101 cm³/mol. The summed E-state index contributed by atoms with van der Waals surface area (Å²) >= 11 is 0. The zero-order valence-corrected chi connectivity index (χ0v) is 16.6. The number of carbonyl (C=O) groups excluding carboxylic acids is 2. The number of benzene rings is 1. The van der Waals surface area contributed by atoms with E-state index in [-0.39, 0.29) is 25.3 Å². The second kappa shape index (κ2) is 9.41. The van der Waals surface area contributed by atoms with Gasteiger partial charge in [-0.15, -0.1) is 0 Å². The molecule has 1 unspecified atom stereocenters. The third-order valence-corrected chi connectivity index (χ3v) is 4.32. The first-order valence-electron chi connectivity index (χ1n) is 9.15. The van der Waals surface area contributed by atoms with Gasteiger partial charge in [0.15, 0.2) is 0 Å². The summed E-state index contributed by atoms with van der Waals surface area (Å²) in [5.74, 6) is 0.202. The van der Waals surface area contributed by atoms with Crippen LogP contribution in [0.3, 0.4) is 0 Å². The van der Waals surface area contributed by atoms with Gasteiger partial charge >= 0.3 is 12.0 Å². The predicted octanol–water partition coefficient (Wildman–Crippen LogP) is 3.23. The summed E-state index contributed by atoms with van der Waals surface area (Å²) in [6.45, 7) is 8.24. The largest absolute Gasteiger partial charge is 0.497 e. The van der Waals surface area contributed by atoms with E-state index in [1.807, 2.05) is 32.9 Å². The van der Waals surface area contributed by atoms with E-state index in [9.17, 15) is 9.59 Å². The van der Waals surface area contributed by atoms with Gasteiger partial charge in [-0.1, -0.05) is 26.0 Å². The molecule has 1 heterocycles. The molecule has 0 saturated carbocycles. The Kier molecular flexibility index (Phi) is 7.24. The third kappa shape index (κ3) is 4.60. The lowest BCUT2D eigenvalue weighted by atomic mass is 9.90. The molecule has 2 rings (SSSR count). The number of urea groups is 1. The van der Waals surface area contributed by atoms with Crippen molar-refractivity contribution in [1.29, 1.82) is 0 Å². The van der Waals surface area contributed by atoms with Crippen LogP contribution in [-0.4, -0.2) is 44.0 Å². The van der Waals surface area contributed by atoms with Crippen LogP contribution in [0.25, 0.3) is 0 Å². The highest BCUT2D eigenvalue weighted by Crippen LogP contribution is 2.36. The van der Waals surface area contributed by atoms with Crippen LogP contribution in [0.1, 0.15) is 39.3 Å². The van der Waals surface area contributed by atoms with E-state index in [4.69, 9.17) is 14.2 Å². The average Bonchev–Trinajstić information content (AvgIpc) is 2.66. The number of rotatable bonds is 8. The second-order valence-corrected chi connectivity index (χ2v) is 6.40. The van der Waals surface area contributed by atoms with Gasteiger partial charge in [0, 0.05) is 12.3 Å². The Morgan fingerprint density at radius 1 is 1.19 bits per heavy atom. The molecule has 1 N–H and O–H groups in total. The number of nitrogens with one attached hydrogen (secondary N) is 1. The summed E-state index contributed by atoms with van der Waals surface area (Å²) in [5, 5.41) is 2.85. The smallest absolute Gasteiger partial charge is 0.338 e. The van der Waals surface area contributed by atoms with Crippen molar-refractivity contribution < 1.29 is 23.8 Å². The summed E-state index contributed by atoms with van der Waals surface area (Å²) in [6, 6.07) is 6.39. The van der Waals surface area contributed by atoms with Gasteiger partial charge in [-0.3, -0.25) is 4.90 Å². The van der Waals surface area contributed by atoms with Crippen molar-refractivity contribution in [2.24, 2.45) is 5.92 Å². The van der Waals surface area contributed by atoms with Gasteiger partial charge < -0.3 is 19.5 Å². The molecule has 0 saturated heterocycles. The second-order valence-electron chi connectivity index (χ2n) is 6.40. The molecule has 1 aromatic carbocycles. The lowest BCUT2D eigenvalue weighted by molar-refractivity contribution is -0.139. The Balaban J connectivity index is 2.61. The molecule has 0 spiro atoms. The van der Waals surface area contributed by atoms with Crippen molar-refractivity contribution in [3.63, 3.8) is 0 Å². The van der Waals surface area contributed by atoms with Crippen LogP contribution in [0, 0.1) is 5.92 Å². The van der Waals surface area contributed by atoms with E-state index < -0.39 is 12.0 Å². The number of hydrogen-bond acceptors (Lipinski definition) is 5. The quantitative estimate of drug-likeness (QED) is 0.705. The molecule has 148 valence electrons. The van der Waals surface area contributed by atoms with Gasteiger partial charge in [-0.2, -0.15) is 0 Å². The van der Waals surface area contributed by atoms with E-state index in [1.54, 1.807) is 26.2 Å². The van der Waals surface area contributed by atoms with Crippen LogP contribution >= 0.6 is 0 Å². The topological polar surface area (TPSA) is 77.1 Å². The Morgan fingerprint density at radius 3 is 2.37 bits per heavy atom. The number of carbonyl (C=O) groups is 2. The number of hydrogen-bond donors (Lipinski definition) is 1. The fourth-order valence-corrected chi connectivity index (χ4v) is 3.02. The molecule has 0 bridgehead atoms. The zero-order valence-electron chi connectivity index (χ0n) is 16.6. The Morgan fingerprint density at radius 2 is 1.85 bits per heavy atom. The van der Waals surface area contributed by atoms with Gasteiger partial charge in [-0.05, 0) is 37.5 Å². The van der Waals surface area contributed by atoms with E-state index in [2.05, 4.69) is 5.32 Å². The molecule has 1 atom stereocenters. The van der Waals surface area contributed by atoms with Crippen LogP contribution in [0.5, 0.6) is 5.75 Å². The number of allylic oxidation sites excluding steroid dienone is 1. The highest BCUT2D eigenvalue weighted by atomic mass is 16.5. The van der Waals surface area contributed by atoms with Crippen molar-refractivity contribution in [3.05, 3.63) is 41.1 Å². The average molecular weight is 376 g/mol. The van der Waals surface area contributed by atoms with Gasteiger partial charge in [-0.25, -0.2) is 9.59 Å². The van der Waals surface area contributed by atoms with Crippen molar-refractivity contribution >= 4 is 12.0 Å². The number of amides is 2. The number of ether oxygens (including phenoxy) is 3.